The van der Waals surface area contributed by atoms with Crippen molar-refractivity contribution in [2.45, 2.75) is 25.8 Å². The molecule has 0 radical (unpaired) electrons. The highest BCUT2D eigenvalue weighted by molar-refractivity contribution is 5.38. The van der Waals surface area contributed by atoms with Crippen molar-refractivity contribution in [3.05, 3.63) is 71.3 Å². The minimum atomic E-state index is -0.380. The third-order valence-electron chi connectivity index (χ3n) is 3.41. The molecule has 0 aromatic heterocycles. The van der Waals surface area contributed by atoms with Crippen molar-refractivity contribution < 1.29 is 0 Å². The molecule has 88 valence electrons. The van der Waals surface area contributed by atoms with Crippen molar-refractivity contribution in [2.75, 3.05) is 0 Å². The predicted octanol–water partition coefficient (Wildman–Crippen LogP) is 3.61. The van der Waals surface area contributed by atoms with Crippen LogP contribution in [-0.2, 0) is 5.54 Å². The van der Waals surface area contributed by atoms with E-state index < -0.39 is 0 Å². The molecule has 2 aromatic rings. The predicted molar refractivity (Wildman–Crippen MR) is 72.9 cm³/mol. The van der Waals surface area contributed by atoms with Gasteiger partial charge in [0.2, 0.25) is 0 Å². The first kappa shape index (κ1) is 11.9. The van der Waals surface area contributed by atoms with Crippen LogP contribution < -0.4 is 5.73 Å². The van der Waals surface area contributed by atoms with Crippen LogP contribution in [0.3, 0.4) is 0 Å². The van der Waals surface area contributed by atoms with Gasteiger partial charge in [0.05, 0.1) is 5.54 Å². The smallest absolute Gasteiger partial charge is 0.0662 e. The average Bonchev–Trinajstić information content (AvgIpc) is 2.40. The molecule has 0 aliphatic rings. The number of benzene rings is 2. The Bertz CT molecular complexity index is 473. The third-order valence-corrected chi connectivity index (χ3v) is 3.41. The Kier molecular flexibility index (Phi) is 3.30. The van der Waals surface area contributed by atoms with Crippen LogP contribution in [0.15, 0.2) is 54.6 Å². The number of hydrogen-bond donors (Lipinski definition) is 1. The SMILES string of the molecule is CCC(N)(c1ccccc1)c1ccc(C)cc1. The summed E-state index contributed by atoms with van der Waals surface area (Å²) in [7, 11) is 0. The van der Waals surface area contributed by atoms with E-state index in [0.717, 1.165) is 6.42 Å². The number of aryl methyl sites for hydroxylation is 1. The summed E-state index contributed by atoms with van der Waals surface area (Å²) in [4.78, 5) is 0. The Morgan fingerprint density at radius 2 is 1.41 bits per heavy atom. The van der Waals surface area contributed by atoms with Gasteiger partial charge in [-0.3, -0.25) is 0 Å². The quantitative estimate of drug-likeness (QED) is 0.848. The van der Waals surface area contributed by atoms with E-state index in [0.29, 0.717) is 0 Å². The number of hydrogen-bond acceptors (Lipinski definition) is 1. The lowest BCUT2D eigenvalue weighted by molar-refractivity contribution is 0.519. The van der Waals surface area contributed by atoms with Gasteiger partial charge in [0, 0.05) is 0 Å². The molecule has 0 amide bonds. The molecule has 0 saturated carbocycles. The third kappa shape index (κ3) is 2.25. The zero-order valence-electron chi connectivity index (χ0n) is 10.5. The summed E-state index contributed by atoms with van der Waals surface area (Å²) in [6.07, 6.45) is 0.889. The molecule has 0 spiro atoms. The molecular weight excluding hydrogens is 206 g/mol. The van der Waals surface area contributed by atoms with E-state index in [9.17, 15) is 0 Å². The normalized spacial score (nSPS) is 14.3. The number of rotatable bonds is 3. The van der Waals surface area contributed by atoms with Gasteiger partial charge in [-0.2, -0.15) is 0 Å². The van der Waals surface area contributed by atoms with E-state index in [1.807, 2.05) is 18.2 Å². The number of nitrogens with two attached hydrogens (primary N) is 1. The van der Waals surface area contributed by atoms with Gasteiger partial charge in [-0.25, -0.2) is 0 Å². The molecule has 0 aliphatic carbocycles. The summed E-state index contributed by atoms with van der Waals surface area (Å²) in [5.74, 6) is 0. The molecule has 17 heavy (non-hydrogen) atoms. The Morgan fingerprint density at radius 3 is 1.94 bits per heavy atom. The second-order valence-electron chi connectivity index (χ2n) is 4.56. The van der Waals surface area contributed by atoms with Crippen LogP contribution in [0.1, 0.15) is 30.0 Å². The van der Waals surface area contributed by atoms with Gasteiger partial charge in [-0.05, 0) is 24.5 Å². The topological polar surface area (TPSA) is 26.0 Å². The van der Waals surface area contributed by atoms with Crippen LogP contribution in [0.25, 0.3) is 0 Å². The first-order valence-corrected chi connectivity index (χ1v) is 6.08. The van der Waals surface area contributed by atoms with Crippen molar-refractivity contribution in [2.24, 2.45) is 5.73 Å². The van der Waals surface area contributed by atoms with Gasteiger partial charge < -0.3 is 5.73 Å². The van der Waals surface area contributed by atoms with E-state index in [-0.39, 0.29) is 5.54 Å². The molecule has 1 atom stereocenters. The molecule has 0 saturated heterocycles. The Hall–Kier alpha value is -1.60. The van der Waals surface area contributed by atoms with Crippen molar-refractivity contribution in [1.29, 1.82) is 0 Å². The van der Waals surface area contributed by atoms with Crippen LogP contribution in [0.5, 0.6) is 0 Å². The van der Waals surface area contributed by atoms with E-state index in [1.54, 1.807) is 0 Å². The largest absolute Gasteiger partial charge is 0.318 e. The van der Waals surface area contributed by atoms with Crippen LogP contribution >= 0.6 is 0 Å². The van der Waals surface area contributed by atoms with E-state index in [4.69, 9.17) is 5.73 Å². The second kappa shape index (κ2) is 4.72. The molecule has 1 heteroatoms. The van der Waals surface area contributed by atoms with E-state index in [2.05, 4.69) is 50.2 Å². The molecule has 0 aliphatic heterocycles. The second-order valence-corrected chi connectivity index (χ2v) is 4.56. The summed E-state index contributed by atoms with van der Waals surface area (Å²) in [6, 6.07) is 18.8. The van der Waals surface area contributed by atoms with E-state index in [1.165, 1.54) is 16.7 Å². The zero-order chi connectivity index (χ0) is 12.3. The molecule has 2 N–H and O–H groups in total. The molecule has 1 unspecified atom stereocenters. The fourth-order valence-electron chi connectivity index (χ4n) is 2.16. The van der Waals surface area contributed by atoms with Crippen molar-refractivity contribution >= 4 is 0 Å². The maximum Gasteiger partial charge on any atom is 0.0662 e. The highest BCUT2D eigenvalue weighted by atomic mass is 14.7. The first-order chi connectivity index (χ1) is 8.16. The summed E-state index contributed by atoms with van der Waals surface area (Å²) < 4.78 is 0. The molecule has 0 heterocycles. The minimum absolute atomic E-state index is 0.380. The van der Waals surface area contributed by atoms with E-state index >= 15 is 0 Å². The van der Waals surface area contributed by atoms with Gasteiger partial charge in [-0.1, -0.05) is 67.1 Å². The molecular formula is C16H19N. The summed E-state index contributed by atoms with van der Waals surface area (Å²) in [5.41, 5.74) is 9.82. The lowest BCUT2D eigenvalue weighted by Gasteiger charge is -2.29. The monoisotopic (exact) mass is 225 g/mol. The van der Waals surface area contributed by atoms with Crippen molar-refractivity contribution in [3.63, 3.8) is 0 Å². The fraction of sp³-hybridized carbons (Fsp3) is 0.250. The molecule has 2 rings (SSSR count). The highest BCUT2D eigenvalue weighted by Crippen LogP contribution is 2.30. The van der Waals surface area contributed by atoms with Crippen LogP contribution in [-0.4, -0.2) is 0 Å². The first-order valence-electron chi connectivity index (χ1n) is 6.08. The maximum atomic E-state index is 6.59. The minimum Gasteiger partial charge on any atom is -0.318 e. The summed E-state index contributed by atoms with van der Waals surface area (Å²) >= 11 is 0. The standard InChI is InChI=1S/C16H19N/c1-3-16(17,14-7-5-4-6-8-14)15-11-9-13(2)10-12-15/h4-12H,3,17H2,1-2H3. The van der Waals surface area contributed by atoms with Gasteiger partial charge in [0.15, 0.2) is 0 Å². The Balaban J connectivity index is 2.48. The molecule has 2 aromatic carbocycles. The van der Waals surface area contributed by atoms with Gasteiger partial charge in [-0.15, -0.1) is 0 Å². The zero-order valence-corrected chi connectivity index (χ0v) is 10.5. The summed E-state index contributed by atoms with van der Waals surface area (Å²) in [6.45, 7) is 4.23. The fourth-order valence-corrected chi connectivity index (χ4v) is 2.16. The molecule has 1 nitrogen and oxygen atoms in total. The summed E-state index contributed by atoms with van der Waals surface area (Å²) in [5, 5.41) is 0. The Morgan fingerprint density at radius 1 is 0.882 bits per heavy atom. The van der Waals surface area contributed by atoms with Gasteiger partial charge in [0.1, 0.15) is 0 Å². The molecule has 0 fully saturated rings. The van der Waals surface area contributed by atoms with Crippen molar-refractivity contribution in [1.82, 2.24) is 0 Å². The van der Waals surface area contributed by atoms with Gasteiger partial charge in [0.25, 0.3) is 0 Å². The van der Waals surface area contributed by atoms with Gasteiger partial charge >= 0.3 is 0 Å². The lowest BCUT2D eigenvalue weighted by atomic mass is 9.81. The average molecular weight is 225 g/mol. The molecule has 0 bridgehead atoms. The lowest BCUT2D eigenvalue weighted by Crippen LogP contribution is -2.37. The van der Waals surface area contributed by atoms with Crippen LogP contribution in [0, 0.1) is 6.92 Å². The Labute approximate surface area is 103 Å². The van der Waals surface area contributed by atoms with Crippen LogP contribution in [0.2, 0.25) is 0 Å². The highest BCUT2D eigenvalue weighted by Gasteiger charge is 2.26. The van der Waals surface area contributed by atoms with Crippen LogP contribution in [0.4, 0.5) is 0 Å². The maximum absolute atomic E-state index is 6.59. The van der Waals surface area contributed by atoms with Crippen molar-refractivity contribution in [3.8, 4) is 0 Å².